The summed E-state index contributed by atoms with van der Waals surface area (Å²) >= 11 is 0. The van der Waals surface area contributed by atoms with E-state index in [9.17, 15) is 14.9 Å². The van der Waals surface area contributed by atoms with Gasteiger partial charge in [-0.05, 0) is 50.1 Å². The minimum atomic E-state index is -0.595. The lowest BCUT2D eigenvalue weighted by Gasteiger charge is -2.14. The highest BCUT2D eigenvalue weighted by Crippen LogP contribution is 2.30. The Morgan fingerprint density at radius 1 is 1.14 bits per heavy atom. The molecule has 2 aromatic rings. The van der Waals surface area contributed by atoms with Gasteiger partial charge in [0, 0.05) is 0 Å². The molecule has 2 aromatic carbocycles. The smallest absolute Gasteiger partial charge is 0.343 e. The largest absolute Gasteiger partial charge is 0.421 e. The van der Waals surface area contributed by atoms with Crippen molar-refractivity contribution in [2.45, 2.75) is 20.8 Å². The van der Waals surface area contributed by atoms with Crippen LogP contribution < -0.4 is 4.74 Å². The zero-order valence-corrected chi connectivity index (χ0v) is 12.6. The summed E-state index contributed by atoms with van der Waals surface area (Å²) in [5.41, 5.74) is 2.32. The van der Waals surface area contributed by atoms with Gasteiger partial charge in [0.25, 0.3) is 0 Å². The number of hydrogen-bond donors (Lipinski definition) is 0. The summed E-state index contributed by atoms with van der Waals surface area (Å²) in [5.74, 6) is -0.815. The van der Waals surface area contributed by atoms with Gasteiger partial charge < -0.3 is 4.74 Å². The number of ether oxygens (including phenoxy) is 1. The highest BCUT2D eigenvalue weighted by molar-refractivity contribution is 6.00. The van der Waals surface area contributed by atoms with Gasteiger partial charge >= 0.3 is 5.97 Å². The Morgan fingerprint density at radius 2 is 1.77 bits per heavy atom. The van der Waals surface area contributed by atoms with Crippen molar-refractivity contribution < 1.29 is 14.3 Å². The fourth-order valence-electron chi connectivity index (χ4n) is 2.12. The number of carbonyl (C=O) groups excluding carboxylic acids is 2. The normalized spacial score (nSPS) is 9.91. The molecule has 0 heterocycles. The van der Waals surface area contributed by atoms with Crippen LogP contribution >= 0.6 is 0 Å². The van der Waals surface area contributed by atoms with Gasteiger partial charge in [-0.3, -0.25) is 4.79 Å². The summed E-state index contributed by atoms with van der Waals surface area (Å²) in [5, 5.41) is 9.36. The number of nitriles is 1. The fourth-order valence-corrected chi connectivity index (χ4v) is 2.12. The SMILES string of the molecule is CC(=O)c1cc(C)c(C)c(C#N)c1OC(=O)c1ccccc1. The van der Waals surface area contributed by atoms with E-state index in [1.165, 1.54) is 6.92 Å². The Balaban J connectivity index is 2.55. The first-order valence-electron chi connectivity index (χ1n) is 6.78. The Hall–Kier alpha value is -2.93. The monoisotopic (exact) mass is 293 g/mol. The molecule has 0 fully saturated rings. The highest BCUT2D eigenvalue weighted by atomic mass is 16.5. The van der Waals surface area contributed by atoms with Crippen LogP contribution in [0.5, 0.6) is 5.75 Å². The second kappa shape index (κ2) is 6.23. The molecule has 0 saturated heterocycles. The number of benzene rings is 2. The summed E-state index contributed by atoms with van der Waals surface area (Å²) in [4.78, 5) is 24.0. The summed E-state index contributed by atoms with van der Waals surface area (Å²) in [6.07, 6.45) is 0. The van der Waals surface area contributed by atoms with Crippen LogP contribution in [-0.2, 0) is 0 Å². The molecule has 4 heteroatoms. The average molecular weight is 293 g/mol. The third-order valence-corrected chi connectivity index (χ3v) is 3.49. The quantitative estimate of drug-likeness (QED) is 0.492. The first-order chi connectivity index (χ1) is 10.5. The van der Waals surface area contributed by atoms with E-state index in [-0.39, 0.29) is 22.7 Å². The minimum Gasteiger partial charge on any atom is -0.421 e. The Bertz CT molecular complexity index is 786. The van der Waals surface area contributed by atoms with Crippen molar-refractivity contribution in [2.24, 2.45) is 0 Å². The molecule has 0 aromatic heterocycles. The van der Waals surface area contributed by atoms with Gasteiger partial charge in [0.2, 0.25) is 0 Å². The minimum absolute atomic E-state index is 0.0342. The molecule has 0 amide bonds. The predicted molar refractivity (Wildman–Crippen MR) is 82.0 cm³/mol. The summed E-state index contributed by atoms with van der Waals surface area (Å²) in [6, 6.07) is 12.1. The van der Waals surface area contributed by atoms with Crippen molar-refractivity contribution >= 4 is 11.8 Å². The first-order valence-corrected chi connectivity index (χ1v) is 6.78. The number of carbonyl (C=O) groups is 2. The van der Waals surface area contributed by atoms with Gasteiger partial charge in [-0.1, -0.05) is 18.2 Å². The average Bonchev–Trinajstić information content (AvgIpc) is 2.51. The molecule has 0 radical (unpaired) electrons. The highest BCUT2D eigenvalue weighted by Gasteiger charge is 2.21. The maximum atomic E-state index is 12.2. The van der Waals surface area contributed by atoms with Crippen molar-refractivity contribution in [3.05, 3.63) is 64.2 Å². The molecule has 22 heavy (non-hydrogen) atoms. The lowest BCUT2D eigenvalue weighted by Crippen LogP contribution is -2.13. The van der Waals surface area contributed by atoms with E-state index in [0.717, 1.165) is 5.56 Å². The number of Topliss-reactive ketones (excluding diaryl/α,β-unsaturated/α-hetero) is 1. The topological polar surface area (TPSA) is 67.2 Å². The summed E-state index contributed by atoms with van der Waals surface area (Å²) in [6.45, 7) is 4.95. The molecule has 0 aliphatic heterocycles. The number of hydrogen-bond acceptors (Lipinski definition) is 4. The standard InChI is InChI=1S/C18H15NO3/c1-11-9-15(13(3)20)17(16(10-19)12(11)2)22-18(21)14-7-5-4-6-8-14/h4-9H,1-3H3. The van der Waals surface area contributed by atoms with Crippen LogP contribution in [0.15, 0.2) is 36.4 Å². The maximum Gasteiger partial charge on any atom is 0.343 e. The van der Waals surface area contributed by atoms with Crippen molar-refractivity contribution in [3.63, 3.8) is 0 Å². The molecule has 2 rings (SSSR count). The van der Waals surface area contributed by atoms with Gasteiger partial charge in [-0.15, -0.1) is 0 Å². The predicted octanol–water partition coefficient (Wildman–Crippen LogP) is 3.60. The van der Waals surface area contributed by atoms with Crippen molar-refractivity contribution in [1.29, 1.82) is 5.26 Å². The molecule has 0 spiro atoms. The molecule has 4 nitrogen and oxygen atoms in total. The first kappa shape index (κ1) is 15.5. The van der Waals surface area contributed by atoms with E-state index in [1.807, 2.05) is 13.0 Å². The molecule has 0 saturated carbocycles. The van der Waals surface area contributed by atoms with E-state index in [1.54, 1.807) is 43.3 Å². The molecular formula is C18H15NO3. The molecule has 0 aliphatic rings. The van der Waals surface area contributed by atoms with E-state index < -0.39 is 5.97 Å². The van der Waals surface area contributed by atoms with E-state index >= 15 is 0 Å². The Kier molecular flexibility index (Phi) is 4.38. The molecule has 0 aliphatic carbocycles. The van der Waals surface area contributed by atoms with Crippen LogP contribution in [0.25, 0.3) is 0 Å². The fraction of sp³-hybridized carbons (Fsp3) is 0.167. The van der Waals surface area contributed by atoms with Gasteiger partial charge in [0.05, 0.1) is 16.7 Å². The van der Waals surface area contributed by atoms with Crippen LogP contribution in [-0.4, -0.2) is 11.8 Å². The lowest BCUT2D eigenvalue weighted by molar-refractivity contribution is 0.0732. The Labute approximate surface area is 129 Å². The van der Waals surface area contributed by atoms with Crippen molar-refractivity contribution in [1.82, 2.24) is 0 Å². The van der Waals surface area contributed by atoms with Crippen LogP contribution in [0.3, 0.4) is 0 Å². The molecule has 0 bridgehead atoms. The van der Waals surface area contributed by atoms with Gasteiger partial charge in [-0.25, -0.2) is 4.79 Å². The number of rotatable bonds is 3. The zero-order chi connectivity index (χ0) is 16.3. The molecule has 110 valence electrons. The van der Waals surface area contributed by atoms with Gasteiger partial charge in [0.1, 0.15) is 6.07 Å². The summed E-state index contributed by atoms with van der Waals surface area (Å²) in [7, 11) is 0. The van der Waals surface area contributed by atoms with E-state index in [0.29, 0.717) is 11.1 Å². The van der Waals surface area contributed by atoms with Crippen molar-refractivity contribution in [2.75, 3.05) is 0 Å². The van der Waals surface area contributed by atoms with Crippen LogP contribution in [0.2, 0.25) is 0 Å². The third kappa shape index (κ3) is 2.89. The third-order valence-electron chi connectivity index (χ3n) is 3.49. The second-order valence-corrected chi connectivity index (χ2v) is 4.99. The molecule has 0 atom stereocenters. The van der Waals surface area contributed by atoms with Crippen LogP contribution in [0, 0.1) is 25.2 Å². The van der Waals surface area contributed by atoms with Gasteiger partial charge in [0.15, 0.2) is 11.5 Å². The van der Waals surface area contributed by atoms with Crippen molar-refractivity contribution in [3.8, 4) is 11.8 Å². The van der Waals surface area contributed by atoms with E-state index in [4.69, 9.17) is 4.74 Å². The maximum absolute atomic E-state index is 12.2. The second-order valence-electron chi connectivity index (χ2n) is 4.99. The zero-order valence-electron chi connectivity index (χ0n) is 12.6. The summed E-state index contributed by atoms with van der Waals surface area (Å²) < 4.78 is 5.37. The molecular weight excluding hydrogens is 278 g/mol. The van der Waals surface area contributed by atoms with Crippen LogP contribution in [0.1, 0.15) is 44.3 Å². The number of nitrogens with zero attached hydrogens (tertiary/aromatic N) is 1. The molecule has 0 unspecified atom stereocenters. The molecule has 0 N–H and O–H groups in total. The van der Waals surface area contributed by atoms with E-state index in [2.05, 4.69) is 0 Å². The number of esters is 1. The Morgan fingerprint density at radius 3 is 2.32 bits per heavy atom. The number of aryl methyl sites for hydroxylation is 1. The van der Waals surface area contributed by atoms with Gasteiger partial charge in [-0.2, -0.15) is 5.26 Å². The van der Waals surface area contributed by atoms with Crippen LogP contribution in [0.4, 0.5) is 0 Å². The number of ketones is 1. The lowest BCUT2D eigenvalue weighted by atomic mass is 9.97.